The predicted octanol–water partition coefficient (Wildman–Crippen LogP) is -2.76. The lowest BCUT2D eigenvalue weighted by atomic mass is 10.1. The molecule has 0 bridgehead atoms. The molecular weight excluding hydrogens is 244 g/mol. The molecule has 9 heteroatoms. The highest BCUT2D eigenvalue weighted by atomic mass is 16.6. The number of H-pyrrole nitrogens is 1. The highest BCUT2D eigenvalue weighted by Gasteiger charge is 2.44. The largest absolute Gasteiger partial charge is 0.394 e. The Morgan fingerprint density at radius 3 is 2.56 bits per heavy atom. The van der Waals surface area contributed by atoms with E-state index in [4.69, 9.17) is 21.3 Å². The van der Waals surface area contributed by atoms with E-state index in [-0.39, 0.29) is 17.3 Å². The van der Waals surface area contributed by atoms with Crippen LogP contribution in [0.5, 0.6) is 0 Å². The number of rotatable bonds is 3. The fourth-order valence-corrected chi connectivity index (χ4v) is 1.85. The minimum atomic E-state index is -1.28. The first kappa shape index (κ1) is 12.8. The molecule has 4 atom stereocenters. The molecule has 0 spiro atoms. The predicted molar refractivity (Wildman–Crippen MR) is 58.2 cm³/mol. The van der Waals surface area contributed by atoms with Gasteiger partial charge in [-0.05, 0) is 0 Å². The Labute approximate surface area is 101 Å². The van der Waals surface area contributed by atoms with Crippen molar-refractivity contribution in [3.8, 4) is 0 Å². The van der Waals surface area contributed by atoms with E-state index in [1.165, 1.54) is 0 Å². The first-order valence-corrected chi connectivity index (χ1v) is 5.23. The van der Waals surface area contributed by atoms with Gasteiger partial charge >= 0.3 is 0 Å². The lowest BCUT2D eigenvalue weighted by Crippen LogP contribution is -2.32. The minimum Gasteiger partial charge on any atom is -0.394 e. The third kappa shape index (κ3) is 1.93. The van der Waals surface area contributed by atoms with Gasteiger partial charge in [-0.3, -0.25) is 4.79 Å². The molecule has 2 rings (SSSR count). The maximum atomic E-state index is 11.0. The smallest absolute Gasteiger partial charge is 0.271 e. The summed E-state index contributed by atoms with van der Waals surface area (Å²) in [6.45, 7) is -0.451. The van der Waals surface area contributed by atoms with Crippen LogP contribution in [0.25, 0.3) is 0 Å². The topological polar surface area (TPSA) is 168 Å². The van der Waals surface area contributed by atoms with Crippen LogP contribution in [0.2, 0.25) is 0 Å². The van der Waals surface area contributed by atoms with Crippen LogP contribution in [0.3, 0.4) is 0 Å². The molecule has 0 unspecified atom stereocenters. The van der Waals surface area contributed by atoms with Gasteiger partial charge < -0.3 is 36.5 Å². The van der Waals surface area contributed by atoms with Crippen molar-refractivity contribution in [3.63, 3.8) is 0 Å². The molecule has 1 amide bonds. The zero-order valence-electron chi connectivity index (χ0n) is 9.28. The molecule has 1 fully saturated rings. The van der Waals surface area contributed by atoms with E-state index in [9.17, 15) is 15.0 Å². The summed E-state index contributed by atoms with van der Waals surface area (Å²) < 4.78 is 5.22. The summed E-state index contributed by atoms with van der Waals surface area (Å²) in [5.41, 5.74) is 10.4. The number of nitrogens with two attached hydrogens (primary N) is 2. The standard InChI is InChI=1S/C9H14N4O5/c10-7-3(8(11)17)12-9(13-7)6-5(16)4(15)2(1-14)18-6/h2,4-6,14-16H,1,10H2,(H2,11,17)(H,12,13)/t2-,4-,5-,6-/m1/s1. The van der Waals surface area contributed by atoms with Crippen molar-refractivity contribution in [2.75, 3.05) is 12.3 Å². The maximum absolute atomic E-state index is 11.0. The van der Waals surface area contributed by atoms with Crippen molar-refractivity contribution in [2.24, 2.45) is 5.73 Å². The molecule has 1 aromatic rings. The third-order valence-electron chi connectivity index (χ3n) is 2.80. The number of aliphatic hydroxyl groups excluding tert-OH is 3. The summed E-state index contributed by atoms with van der Waals surface area (Å²) in [7, 11) is 0. The Morgan fingerprint density at radius 1 is 1.44 bits per heavy atom. The average molecular weight is 258 g/mol. The van der Waals surface area contributed by atoms with Gasteiger partial charge in [0.25, 0.3) is 5.91 Å². The Bertz CT molecular complexity index is 462. The minimum absolute atomic E-state index is 0.0461. The summed E-state index contributed by atoms with van der Waals surface area (Å²) in [4.78, 5) is 17.3. The van der Waals surface area contributed by atoms with Gasteiger partial charge in [-0.2, -0.15) is 0 Å². The number of aromatic amines is 1. The molecule has 0 aliphatic carbocycles. The van der Waals surface area contributed by atoms with E-state index in [0.29, 0.717) is 0 Å². The first-order chi connectivity index (χ1) is 8.45. The monoisotopic (exact) mass is 258 g/mol. The van der Waals surface area contributed by atoms with E-state index in [1.54, 1.807) is 0 Å². The number of carbonyl (C=O) groups is 1. The van der Waals surface area contributed by atoms with Gasteiger partial charge in [-0.25, -0.2) is 4.98 Å². The van der Waals surface area contributed by atoms with Crippen LogP contribution in [-0.2, 0) is 4.74 Å². The number of carbonyl (C=O) groups excluding carboxylic acids is 1. The number of nitrogen functional groups attached to an aromatic ring is 1. The molecule has 1 aliphatic rings. The van der Waals surface area contributed by atoms with Gasteiger partial charge in [0.15, 0.2) is 5.69 Å². The van der Waals surface area contributed by atoms with E-state index in [1.807, 2.05) is 0 Å². The number of aromatic nitrogens is 2. The number of hydrogen-bond acceptors (Lipinski definition) is 7. The second-order valence-corrected chi connectivity index (χ2v) is 4.01. The fourth-order valence-electron chi connectivity index (χ4n) is 1.85. The van der Waals surface area contributed by atoms with Gasteiger partial charge in [0.05, 0.1) is 6.61 Å². The van der Waals surface area contributed by atoms with Crippen molar-refractivity contribution in [3.05, 3.63) is 11.5 Å². The molecule has 2 heterocycles. The van der Waals surface area contributed by atoms with Gasteiger partial charge in [-0.15, -0.1) is 0 Å². The van der Waals surface area contributed by atoms with Crippen molar-refractivity contribution in [2.45, 2.75) is 24.4 Å². The molecule has 1 aromatic heterocycles. The number of nitrogens with zero attached hydrogens (tertiary/aromatic N) is 1. The lowest BCUT2D eigenvalue weighted by Gasteiger charge is -2.11. The SMILES string of the molecule is NC(=O)c1nc([C@@H]2O[C@H](CO)[C@@H](O)[C@H]2O)[nH]c1N. The quantitative estimate of drug-likeness (QED) is 0.341. The summed E-state index contributed by atoms with van der Waals surface area (Å²) in [5, 5.41) is 28.3. The van der Waals surface area contributed by atoms with Crippen molar-refractivity contribution >= 4 is 11.7 Å². The van der Waals surface area contributed by atoms with Gasteiger partial charge in [0, 0.05) is 0 Å². The molecule has 1 aliphatic heterocycles. The Balaban J connectivity index is 2.27. The lowest BCUT2D eigenvalue weighted by molar-refractivity contribution is -0.0250. The van der Waals surface area contributed by atoms with Gasteiger partial charge in [0.2, 0.25) is 0 Å². The molecule has 9 nitrogen and oxygen atoms in total. The zero-order chi connectivity index (χ0) is 13.4. The zero-order valence-corrected chi connectivity index (χ0v) is 9.28. The van der Waals surface area contributed by atoms with Crippen LogP contribution < -0.4 is 11.5 Å². The van der Waals surface area contributed by atoms with Gasteiger partial charge in [-0.1, -0.05) is 0 Å². The number of primary amides is 1. The summed E-state index contributed by atoms with van der Waals surface area (Å²) in [6.07, 6.45) is -4.46. The average Bonchev–Trinajstić information content (AvgIpc) is 2.82. The number of nitrogens with one attached hydrogen (secondary N) is 1. The second-order valence-electron chi connectivity index (χ2n) is 4.01. The molecule has 0 radical (unpaired) electrons. The van der Waals surface area contributed by atoms with Gasteiger partial charge in [0.1, 0.15) is 36.1 Å². The van der Waals surface area contributed by atoms with E-state index < -0.39 is 36.9 Å². The van der Waals surface area contributed by atoms with Crippen LogP contribution in [0.4, 0.5) is 5.82 Å². The van der Waals surface area contributed by atoms with Crippen molar-refractivity contribution in [1.82, 2.24) is 9.97 Å². The number of amides is 1. The van der Waals surface area contributed by atoms with Crippen LogP contribution in [0.15, 0.2) is 0 Å². The number of aliphatic hydroxyl groups is 3. The van der Waals surface area contributed by atoms with Crippen LogP contribution in [-0.4, -0.2) is 56.1 Å². The molecule has 1 saturated heterocycles. The number of imidazole rings is 1. The van der Waals surface area contributed by atoms with Crippen LogP contribution >= 0.6 is 0 Å². The summed E-state index contributed by atoms with van der Waals surface area (Å²) in [5.74, 6) is -0.791. The van der Waals surface area contributed by atoms with Crippen LogP contribution in [0.1, 0.15) is 22.4 Å². The first-order valence-electron chi connectivity index (χ1n) is 5.23. The molecule has 100 valence electrons. The summed E-state index contributed by atoms with van der Waals surface area (Å²) in [6, 6.07) is 0. The van der Waals surface area contributed by atoms with E-state index >= 15 is 0 Å². The van der Waals surface area contributed by atoms with Crippen LogP contribution in [0, 0.1) is 0 Å². The molecular formula is C9H14N4O5. The van der Waals surface area contributed by atoms with Crippen molar-refractivity contribution < 1.29 is 24.9 Å². The molecule has 18 heavy (non-hydrogen) atoms. The van der Waals surface area contributed by atoms with Crippen molar-refractivity contribution in [1.29, 1.82) is 0 Å². The molecule has 0 saturated carbocycles. The third-order valence-corrected chi connectivity index (χ3v) is 2.80. The maximum Gasteiger partial charge on any atom is 0.271 e. The fraction of sp³-hybridized carbons (Fsp3) is 0.556. The van der Waals surface area contributed by atoms with E-state index in [0.717, 1.165) is 0 Å². The Kier molecular flexibility index (Phi) is 3.22. The normalized spacial score (nSPS) is 31.7. The van der Waals surface area contributed by atoms with E-state index in [2.05, 4.69) is 9.97 Å². The Hall–Kier alpha value is -1.68. The highest BCUT2D eigenvalue weighted by Crippen LogP contribution is 2.32. The number of anilines is 1. The molecule has 0 aromatic carbocycles. The molecule has 8 N–H and O–H groups in total. The highest BCUT2D eigenvalue weighted by molar-refractivity contribution is 5.95. The Morgan fingerprint density at radius 2 is 2.11 bits per heavy atom. The second kappa shape index (κ2) is 4.53. The number of ether oxygens (including phenoxy) is 1. The summed E-state index contributed by atoms with van der Waals surface area (Å²) >= 11 is 0. The number of hydrogen-bond donors (Lipinski definition) is 6.